The molecule has 1 N–H and O–H groups in total. The summed E-state index contributed by atoms with van der Waals surface area (Å²) >= 11 is 6.25. The van der Waals surface area contributed by atoms with E-state index in [2.05, 4.69) is 48.0 Å². The molecule has 226 valence electrons. The van der Waals surface area contributed by atoms with Gasteiger partial charge in [0, 0.05) is 37.3 Å². The first-order valence-corrected chi connectivity index (χ1v) is 17.0. The van der Waals surface area contributed by atoms with Gasteiger partial charge in [-0.15, -0.1) is 0 Å². The molecule has 3 heterocycles. The van der Waals surface area contributed by atoms with Gasteiger partial charge in [0.2, 0.25) is 5.91 Å². The molecule has 1 amide bonds. The standard InChI is InChI=1S/C31H41ClN6O3S/c1-5-9-28-35-29-25(17-22(32)18-33-29)30(36-28)34-26-14-15-38(31(26)39)27-13-12-23(37(4)20(2)3)16-21(27)19-42(40,41)24-10-7-6-8-11-24/h6-8,10-11,17-18,20-21,23,26-27H,5,9,12-16,19H2,1-4H3,(H,33,34,35,36)/t21-,23-,26+,27+/m1/s1. The highest BCUT2D eigenvalue weighted by Gasteiger charge is 2.44. The first-order valence-electron chi connectivity index (χ1n) is 15.0. The third-order valence-electron chi connectivity index (χ3n) is 8.83. The Labute approximate surface area is 254 Å². The van der Waals surface area contributed by atoms with Crippen LogP contribution >= 0.6 is 11.6 Å². The highest BCUT2D eigenvalue weighted by atomic mass is 35.5. The minimum Gasteiger partial charge on any atom is -0.358 e. The second-order valence-corrected chi connectivity index (χ2v) is 14.4. The molecule has 0 spiro atoms. The van der Waals surface area contributed by atoms with Crippen molar-refractivity contribution < 1.29 is 13.2 Å². The summed E-state index contributed by atoms with van der Waals surface area (Å²) < 4.78 is 27.1. The van der Waals surface area contributed by atoms with Gasteiger partial charge in [-0.25, -0.2) is 23.4 Å². The second-order valence-electron chi connectivity index (χ2n) is 11.9. The summed E-state index contributed by atoms with van der Waals surface area (Å²) in [5, 5.41) is 4.54. The van der Waals surface area contributed by atoms with E-state index < -0.39 is 15.9 Å². The predicted molar refractivity (Wildman–Crippen MR) is 166 cm³/mol. The maximum Gasteiger partial charge on any atom is 0.245 e. The molecule has 42 heavy (non-hydrogen) atoms. The number of fused-ring (bicyclic) bond motifs is 1. The lowest BCUT2D eigenvalue weighted by atomic mass is 9.81. The SMILES string of the molecule is CCCc1nc(N[C@H]2CCN([C@H]3CC[C@@H](N(C)C(C)C)C[C@@H]3CS(=O)(=O)c3ccccc3)C2=O)c2cc(Cl)cnc2n1. The summed E-state index contributed by atoms with van der Waals surface area (Å²) in [6.45, 7) is 6.95. The minimum absolute atomic E-state index is 0.0171. The number of aryl methyl sites for hydroxylation is 1. The first kappa shape index (κ1) is 30.6. The van der Waals surface area contributed by atoms with Crippen LogP contribution in [-0.4, -0.2) is 82.6 Å². The predicted octanol–water partition coefficient (Wildman–Crippen LogP) is 4.99. The number of hydrogen-bond acceptors (Lipinski definition) is 8. The summed E-state index contributed by atoms with van der Waals surface area (Å²) in [7, 11) is -1.41. The molecule has 9 nitrogen and oxygen atoms in total. The van der Waals surface area contributed by atoms with Gasteiger partial charge in [-0.3, -0.25) is 4.79 Å². The smallest absolute Gasteiger partial charge is 0.245 e. The molecule has 0 radical (unpaired) electrons. The van der Waals surface area contributed by atoms with E-state index in [0.29, 0.717) is 58.0 Å². The van der Waals surface area contributed by atoms with E-state index in [-0.39, 0.29) is 29.7 Å². The van der Waals surface area contributed by atoms with Crippen LogP contribution in [-0.2, 0) is 21.1 Å². The summed E-state index contributed by atoms with van der Waals surface area (Å²) in [5.41, 5.74) is 0.543. The fourth-order valence-corrected chi connectivity index (χ4v) is 8.26. The number of aromatic nitrogens is 3. The Morgan fingerprint density at radius 3 is 2.62 bits per heavy atom. The van der Waals surface area contributed by atoms with Crippen molar-refractivity contribution in [2.45, 2.75) is 88.4 Å². The van der Waals surface area contributed by atoms with Crippen LogP contribution in [0, 0.1) is 5.92 Å². The normalized spacial score (nSPS) is 23.3. The summed E-state index contributed by atoms with van der Waals surface area (Å²) in [5.74, 6) is 1.06. The average molecular weight is 613 g/mol. The molecule has 11 heteroatoms. The van der Waals surface area contributed by atoms with Gasteiger partial charge in [0.25, 0.3) is 0 Å². The summed E-state index contributed by atoms with van der Waals surface area (Å²) in [6, 6.07) is 10.4. The summed E-state index contributed by atoms with van der Waals surface area (Å²) in [4.78, 5) is 32.2. The van der Waals surface area contributed by atoms with Gasteiger partial charge in [0.15, 0.2) is 15.5 Å². The Morgan fingerprint density at radius 2 is 1.90 bits per heavy atom. The Hall–Kier alpha value is -2.82. The summed E-state index contributed by atoms with van der Waals surface area (Å²) in [6.07, 6.45) is 6.17. The second kappa shape index (κ2) is 12.8. The van der Waals surface area contributed by atoms with Crippen LogP contribution in [0.2, 0.25) is 5.02 Å². The lowest BCUT2D eigenvalue weighted by Crippen LogP contribution is -2.52. The number of halogens is 1. The number of nitrogens with one attached hydrogen (secondary N) is 1. The molecule has 1 aliphatic heterocycles. The van der Waals surface area contributed by atoms with Gasteiger partial charge in [-0.05, 0) is 77.1 Å². The maximum absolute atomic E-state index is 13.9. The molecule has 0 unspecified atom stereocenters. The van der Waals surface area contributed by atoms with E-state index in [4.69, 9.17) is 16.6 Å². The van der Waals surface area contributed by atoms with E-state index in [9.17, 15) is 13.2 Å². The molecule has 0 bridgehead atoms. The molecule has 2 fully saturated rings. The fourth-order valence-electron chi connectivity index (χ4n) is 6.42. The molecule has 1 aromatic carbocycles. The van der Waals surface area contributed by atoms with Crippen LogP contribution < -0.4 is 5.32 Å². The van der Waals surface area contributed by atoms with Crippen molar-refractivity contribution in [3.8, 4) is 0 Å². The van der Waals surface area contributed by atoms with E-state index in [1.54, 1.807) is 36.5 Å². The van der Waals surface area contributed by atoms with Crippen LogP contribution in [0.15, 0.2) is 47.5 Å². The lowest BCUT2D eigenvalue weighted by Gasteiger charge is -2.44. The Kier molecular flexibility index (Phi) is 9.34. The number of rotatable bonds is 10. The van der Waals surface area contributed by atoms with E-state index in [1.165, 1.54) is 0 Å². The van der Waals surface area contributed by atoms with Crippen molar-refractivity contribution in [2.24, 2.45) is 5.92 Å². The highest BCUT2D eigenvalue weighted by molar-refractivity contribution is 7.91. The lowest BCUT2D eigenvalue weighted by molar-refractivity contribution is -0.132. The minimum atomic E-state index is -3.52. The highest BCUT2D eigenvalue weighted by Crippen LogP contribution is 2.36. The molecule has 2 aromatic heterocycles. The number of nitrogens with zero attached hydrogens (tertiary/aromatic N) is 5. The zero-order valence-electron chi connectivity index (χ0n) is 24.8. The number of likely N-dealkylation sites (tertiary alicyclic amines) is 1. The molecule has 1 aliphatic carbocycles. The van der Waals surface area contributed by atoms with Crippen molar-refractivity contribution in [3.05, 3.63) is 53.4 Å². The van der Waals surface area contributed by atoms with Crippen molar-refractivity contribution in [1.29, 1.82) is 0 Å². The molecular weight excluding hydrogens is 572 g/mol. The Bertz CT molecular complexity index is 1520. The topological polar surface area (TPSA) is 108 Å². The van der Waals surface area contributed by atoms with Crippen LogP contribution in [0.3, 0.4) is 0 Å². The van der Waals surface area contributed by atoms with Gasteiger partial charge in [0.1, 0.15) is 17.7 Å². The van der Waals surface area contributed by atoms with Crippen LogP contribution in [0.1, 0.15) is 58.7 Å². The number of carbonyl (C=O) groups is 1. The fraction of sp³-hybridized carbons (Fsp3) is 0.548. The van der Waals surface area contributed by atoms with Gasteiger partial charge >= 0.3 is 0 Å². The van der Waals surface area contributed by atoms with E-state index in [0.717, 1.165) is 25.7 Å². The number of sulfone groups is 1. The van der Waals surface area contributed by atoms with Gasteiger partial charge in [-0.1, -0.05) is 36.7 Å². The third kappa shape index (κ3) is 6.55. The van der Waals surface area contributed by atoms with Gasteiger partial charge in [0.05, 0.1) is 21.1 Å². The van der Waals surface area contributed by atoms with Crippen LogP contribution in [0.5, 0.6) is 0 Å². The van der Waals surface area contributed by atoms with Gasteiger partial charge < -0.3 is 15.1 Å². The Balaban J connectivity index is 1.39. The first-order chi connectivity index (χ1) is 20.1. The van der Waals surface area contributed by atoms with Crippen LogP contribution in [0.25, 0.3) is 11.0 Å². The van der Waals surface area contributed by atoms with E-state index in [1.807, 2.05) is 11.0 Å². The monoisotopic (exact) mass is 612 g/mol. The number of pyridine rings is 1. The van der Waals surface area contributed by atoms with Crippen molar-refractivity contribution in [1.82, 2.24) is 24.8 Å². The third-order valence-corrected chi connectivity index (χ3v) is 10.9. The molecule has 1 saturated carbocycles. The largest absolute Gasteiger partial charge is 0.358 e. The number of carbonyl (C=O) groups excluding carboxylic acids is 1. The molecule has 1 saturated heterocycles. The Morgan fingerprint density at radius 1 is 1.14 bits per heavy atom. The van der Waals surface area contributed by atoms with E-state index >= 15 is 0 Å². The van der Waals surface area contributed by atoms with Crippen LogP contribution in [0.4, 0.5) is 5.82 Å². The molecule has 2 aliphatic rings. The average Bonchev–Trinajstić information content (AvgIpc) is 3.32. The number of hydrogen-bond donors (Lipinski definition) is 1. The number of benzene rings is 1. The zero-order chi connectivity index (χ0) is 30.0. The molecular formula is C31H41ClN6O3S. The van der Waals surface area contributed by atoms with Gasteiger partial charge in [-0.2, -0.15) is 0 Å². The quantitative estimate of drug-likeness (QED) is 0.341. The van der Waals surface area contributed by atoms with Crippen molar-refractivity contribution in [3.63, 3.8) is 0 Å². The zero-order valence-corrected chi connectivity index (χ0v) is 26.4. The van der Waals surface area contributed by atoms with Crippen molar-refractivity contribution in [2.75, 3.05) is 24.7 Å². The molecule has 5 rings (SSSR count). The number of anilines is 1. The number of amides is 1. The molecule has 3 aromatic rings. The van der Waals surface area contributed by atoms with Crippen molar-refractivity contribution >= 4 is 44.2 Å². The maximum atomic E-state index is 13.9. The molecule has 4 atom stereocenters.